The summed E-state index contributed by atoms with van der Waals surface area (Å²) in [5, 5.41) is 0. The van der Waals surface area contributed by atoms with Crippen molar-refractivity contribution >= 4 is 5.71 Å². The Kier molecular flexibility index (Phi) is 4.05. The molecule has 2 aliphatic heterocycles. The van der Waals surface area contributed by atoms with Gasteiger partial charge < -0.3 is 9.47 Å². The Morgan fingerprint density at radius 3 is 2.23 bits per heavy atom. The molecule has 4 aliphatic rings. The summed E-state index contributed by atoms with van der Waals surface area (Å²) in [6.07, 6.45) is 1.04. The Morgan fingerprint density at radius 2 is 1.55 bits per heavy atom. The molecule has 0 saturated heterocycles. The molecule has 4 bridgehead atoms. The fourth-order valence-corrected chi connectivity index (χ4v) is 6.71. The lowest BCUT2D eigenvalue weighted by Gasteiger charge is -2.53. The molecule has 5 atom stereocenters. The maximum Gasteiger partial charge on any atom is 0.164 e. The number of aliphatic imine (C=N–C) groups is 1. The van der Waals surface area contributed by atoms with E-state index in [0.29, 0.717) is 23.7 Å². The van der Waals surface area contributed by atoms with Gasteiger partial charge in [-0.3, -0.25) is 4.99 Å². The number of fused-ring (bicyclic) bond motifs is 1. The standard InChI is InChI=1S/C28H27NO2/c1-17-23-24-21(20-14-15-22(30-2)27(31-3)25(20)23)16-28(17,19-12-8-5-9-13-19)29-26(24)18-10-6-4-7-11-18/h4-15,17,21,23-24H,16H2,1-3H3. The van der Waals surface area contributed by atoms with Crippen molar-refractivity contribution in [1.29, 1.82) is 0 Å². The molecule has 3 aromatic carbocycles. The van der Waals surface area contributed by atoms with Gasteiger partial charge in [-0.25, -0.2) is 0 Å². The normalized spacial score (nSPS) is 30.0. The molecule has 3 aromatic rings. The summed E-state index contributed by atoms with van der Waals surface area (Å²) in [5.74, 6) is 3.26. The van der Waals surface area contributed by atoms with Crippen LogP contribution >= 0.6 is 0 Å². The van der Waals surface area contributed by atoms with E-state index in [4.69, 9.17) is 14.5 Å². The molecule has 2 heterocycles. The summed E-state index contributed by atoms with van der Waals surface area (Å²) in [4.78, 5) is 5.57. The van der Waals surface area contributed by atoms with Gasteiger partial charge in [0.2, 0.25) is 0 Å². The largest absolute Gasteiger partial charge is 0.493 e. The minimum atomic E-state index is -0.228. The van der Waals surface area contributed by atoms with E-state index < -0.39 is 0 Å². The monoisotopic (exact) mass is 409 g/mol. The maximum absolute atomic E-state index is 5.96. The summed E-state index contributed by atoms with van der Waals surface area (Å²) in [7, 11) is 3.49. The van der Waals surface area contributed by atoms with Gasteiger partial charge in [0.05, 0.1) is 19.8 Å². The van der Waals surface area contributed by atoms with Crippen molar-refractivity contribution in [2.24, 2.45) is 16.8 Å². The van der Waals surface area contributed by atoms with Crippen LogP contribution in [0, 0.1) is 11.8 Å². The summed E-state index contributed by atoms with van der Waals surface area (Å²) in [6.45, 7) is 2.39. The second-order valence-electron chi connectivity index (χ2n) is 9.11. The van der Waals surface area contributed by atoms with Gasteiger partial charge in [0.25, 0.3) is 0 Å². The van der Waals surface area contributed by atoms with E-state index in [-0.39, 0.29) is 5.54 Å². The fraction of sp³-hybridized carbons (Fsp3) is 0.321. The zero-order valence-corrected chi connectivity index (χ0v) is 18.2. The lowest BCUT2D eigenvalue weighted by atomic mass is 9.55. The van der Waals surface area contributed by atoms with Crippen molar-refractivity contribution in [1.82, 2.24) is 0 Å². The zero-order valence-electron chi connectivity index (χ0n) is 18.2. The quantitative estimate of drug-likeness (QED) is 0.534. The average molecular weight is 410 g/mol. The highest BCUT2D eigenvalue weighted by Crippen LogP contribution is 2.69. The topological polar surface area (TPSA) is 30.8 Å². The molecule has 3 heteroatoms. The van der Waals surface area contributed by atoms with Crippen molar-refractivity contribution in [3.05, 3.63) is 95.1 Å². The summed E-state index contributed by atoms with van der Waals surface area (Å²) >= 11 is 0. The first-order valence-electron chi connectivity index (χ1n) is 11.1. The Hall–Kier alpha value is -3.07. The SMILES string of the molecule is COc1ccc2c(c1OC)C1C3C(c4ccccc4)=NC(c4ccccc4)(CC23)C1C. The Labute approximate surface area is 183 Å². The molecule has 0 N–H and O–H groups in total. The first-order chi connectivity index (χ1) is 15.2. The second kappa shape index (κ2) is 6.71. The first kappa shape index (κ1) is 18.7. The minimum Gasteiger partial charge on any atom is -0.493 e. The Bertz CT molecular complexity index is 1170. The van der Waals surface area contributed by atoms with Crippen LogP contribution < -0.4 is 9.47 Å². The van der Waals surface area contributed by atoms with Crippen LogP contribution in [0.4, 0.5) is 0 Å². The number of nitrogens with zero attached hydrogens (tertiary/aromatic N) is 1. The third-order valence-corrected chi connectivity index (χ3v) is 7.97. The highest BCUT2D eigenvalue weighted by Gasteiger charge is 2.63. The van der Waals surface area contributed by atoms with Gasteiger partial charge in [0.1, 0.15) is 0 Å². The van der Waals surface area contributed by atoms with E-state index in [1.54, 1.807) is 14.2 Å². The van der Waals surface area contributed by atoms with Crippen LogP contribution in [0.25, 0.3) is 0 Å². The average Bonchev–Trinajstić information content (AvgIpc) is 3.13. The molecule has 156 valence electrons. The number of methoxy groups -OCH3 is 2. The van der Waals surface area contributed by atoms with E-state index in [1.807, 2.05) is 0 Å². The molecule has 0 radical (unpaired) electrons. The predicted octanol–water partition coefficient (Wildman–Crippen LogP) is 5.94. The Morgan fingerprint density at radius 1 is 0.839 bits per heavy atom. The van der Waals surface area contributed by atoms with Crippen LogP contribution in [-0.4, -0.2) is 19.9 Å². The van der Waals surface area contributed by atoms with Gasteiger partial charge in [0.15, 0.2) is 11.5 Å². The van der Waals surface area contributed by atoms with E-state index in [0.717, 1.165) is 17.9 Å². The molecule has 31 heavy (non-hydrogen) atoms. The number of ether oxygens (including phenoxy) is 2. The van der Waals surface area contributed by atoms with Gasteiger partial charge >= 0.3 is 0 Å². The van der Waals surface area contributed by atoms with Crippen LogP contribution in [-0.2, 0) is 5.54 Å². The molecular weight excluding hydrogens is 382 g/mol. The molecule has 0 aromatic heterocycles. The summed E-state index contributed by atoms with van der Waals surface area (Å²) < 4.78 is 11.6. The molecule has 7 rings (SSSR count). The predicted molar refractivity (Wildman–Crippen MR) is 123 cm³/mol. The molecule has 0 spiro atoms. The second-order valence-corrected chi connectivity index (χ2v) is 9.11. The molecule has 2 aliphatic carbocycles. The van der Waals surface area contributed by atoms with E-state index >= 15 is 0 Å². The van der Waals surface area contributed by atoms with Gasteiger partial charge in [-0.2, -0.15) is 0 Å². The van der Waals surface area contributed by atoms with Gasteiger partial charge in [-0.1, -0.05) is 73.7 Å². The van der Waals surface area contributed by atoms with Crippen LogP contribution in [0.3, 0.4) is 0 Å². The van der Waals surface area contributed by atoms with Crippen molar-refractivity contribution in [3.8, 4) is 11.5 Å². The Balaban J connectivity index is 1.64. The number of rotatable bonds is 4. The number of hydrogen-bond acceptors (Lipinski definition) is 3. The van der Waals surface area contributed by atoms with Crippen molar-refractivity contribution in [2.75, 3.05) is 14.2 Å². The van der Waals surface area contributed by atoms with Gasteiger partial charge in [-0.05, 0) is 41.0 Å². The maximum atomic E-state index is 5.96. The molecule has 0 amide bonds. The number of hydrogen-bond donors (Lipinski definition) is 0. The van der Waals surface area contributed by atoms with E-state index in [1.165, 1.54) is 28.0 Å². The third-order valence-electron chi connectivity index (χ3n) is 7.97. The number of benzene rings is 3. The van der Waals surface area contributed by atoms with Crippen LogP contribution in [0.5, 0.6) is 11.5 Å². The van der Waals surface area contributed by atoms with Crippen LogP contribution in [0.2, 0.25) is 0 Å². The molecule has 1 fully saturated rings. The molecular formula is C28H27NO2. The van der Waals surface area contributed by atoms with Crippen LogP contribution in [0.1, 0.15) is 47.4 Å². The lowest BCUT2D eigenvalue weighted by molar-refractivity contribution is 0.129. The summed E-state index contributed by atoms with van der Waals surface area (Å²) in [5.41, 5.74) is 6.34. The molecule has 5 unspecified atom stereocenters. The summed E-state index contributed by atoms with van der Waals surface area (Å²) in [6, 6.07) is 26.0. The van der Waals surface area contributed by atoms with Crippen molar-refractivity contribution < 1.29 is 9.47 Å². The third kappa shape index (κ3) is 2.38. The zero-order chi connectivity index (χ0) is 21.2. The van der Waals surface area contributed by atoms with Crippen molar-refractivity contribution in [2.45, 2.75) is 30.7 Å². The highest BCUT2D eigenvalue weighted by molar-refractivity contribution is 6.05. The highest BCUT2D eigenvalue weighted by atomic mass is 16.5. The smallest absolute Gasteiger partial charge is 0.164 e. The molecule has 1 saturated carbocycles. The van der Waals surface area contributed by atoms with Crippen molar-refractivity contribution in [3.63, 3.8) is 0 Å². The van der Waals surface area contributed by atoms with E-state index in [9.17, 15) is 0 Å². The van der Waals surface area contributed by atoms with Gasteiger partial charge in [-0.15, -0.1) is 0 Å². The minimum absolute atomic E-state index is 0.228. The van der Waals surface area contributed by atoms with Crippen LogP contribution in [0.15, 0.2) is 77.8 Å². The lowest BCUT2D eigenvalue weighted by Crippen LogP contribution is -2.51. The van der Waals surface area contributed by atoms with Gasteiger partial charge in [0, 0.05) is 23.1 Å². The molecule has 3 nitrogen and oxygen atoms in total. The fourth-order valence-electron chi connectivity index (χ4n) is 6.71. The van der Waals surface area contributed by atoms with E-state index in [2.05, 4.69) is 79.7 Å². The first-order valence-corrected chi connectivity index (χ1v) is 11.1.